The van der Waals surface area contributed by atoms with E-state index < -0.39 is 59.8 Å². The molecule has 1 N–H and O–H groups in total. The SMILES string of the molecule is C1CC1.CC(Cc1cccc(OCC2(F)CN(Cc3cc(C(F)(F)F)ccc3C(F)(F)F)C2)c1)C(=O)O. The molecule has 1 atom stereocenters. The fraction of sp³-hybridized carbons (Fsp3) is 0.500. The number of alkyl halides is 7. The lowest BCUT2D eigenvalue weighted by Crippen LogP contribution is -2.61. The average molecular weight is 536 g/mol. The molecule has 2 aliphatic rings. The molecule has 2 aromatic carbocycles. The van der Waals surface area contributed by atoms with Gasteiger partial charge in [0.25, 0.3) is 0 Å². The van der Waals surface area contributed by atoms with Crippen molar-refractivity contribution in [2.45, 2.75) is 57.2 Å². The molecule has 4 rings (SSSR count). The van der Waals surface area contributed by atoms with E-state index in [9.17, 15) is 35.5 Å². The van der Waals surface area contributed by atoms with Crippen LogP contribution in [-0.4, -0.2) is 41.3 Å². The Morgan fingerprint density at radius 1 is 1.03 bits per heavy atom. The van der Waals surface area contributed by atoms with Crippen LogP contribution in [0.5, 0.6) is 5.75 Å². The van der Waals surface area contributed by atoms with E-state index in [-0.39, 0.29) is 19.5 Å². The van der Waals surface area contributed by atoms with Crippen LogP contribution in [0.4, 0.5) is 30.7 Å². The van der Waals surface area contributed by atoms with Crippen LogP contribution in [0.25, 0.3) is 0 Å². The zero-order valence-corrected chi connectivity index (χ0v) is 20.1. The summed E-state index contributed by atoms with van der Waals surface area (Å²) in [6.45, 7) is 0.0275. The summed E-state index contributed by atoms with van der Waals surface area (Å²) in [6.07, 6.45) is -4.90. The van der Waals surface area contributed by atoms with Crippen LogP contribution in [0.3, 0.4) is 0 Å². The van der Waals surface area contributed by atoms with Crippen molar-refractivity contribution in [2.75, 3.05) is 19.7 Å². The van der Waals surface area contributed by atoms with E-state index in [1.807, 2.05) is 0 Å². The number of rotatable bonds is 8. The van der Waals surface area contributed by atoms with Crippen LogP contribution < -0.4 is 4.74 Å². The number of carboxylic acid groups (broad SMARTS) is 1. The topological polar surface area (TPSA) is 49.8 Å². The number of likely N-dealkylation sites (tertiary alicyclic amines) is 1. The molecule has 0 spiro atoms. The van der Waals surface area contributed by atoms with E-state index in [2.05, 4.69) is 0 Å². The molecule has 1 aliphatic heterocycles. The van der Waals surface area contributed by atoms with Gasteiger partial charge >= 0.3 is 18.3 Å². The molecule has 0 bridgehead atoms. The smallest absolute Gasteiger partial charge is 0.416 e. The summed E-state index contributed by atoms with van der Waals surface area (Å²) in [5, 5.41) is 9.01. The Morgan fingerprint density at radius 2 is 1.68 bits per heavy atom. The van der Waals surface area contributed by atoms with Crippen molar-refractivity contribution in [3.05, 3.63) is 64.7 Å². The van der Waals surface area contributed by atoms with Crippen LogP contribution in [0, 0.1) is 5.92 Å². The highest BCUT2D eigenvalue weighted by molar-refractivity contribution is 5.69. The summed E-state index contributed by atoms with van der Waals surface area (Å²) in [6, 6.07) is 7.69. The number of carboxylic acids is 1. The molecule has 2 aromatic rings. The number of hydrogen-bond acceptors (Lipinski definition) is 3. The summed E-state index contributed by atoms with van der Waals surface area (Å²) >= 11 is 0. The highest BCUT2D eigenvalue weighted by Crippen LogP contribution is 2.38. The number of benzene rings is 2. The molecule has 0 radical (unpaired) electrons. The molecule has 37 heavy (non-hydrogen) atoms. The quantitative estimate of drug-likeness (QED) is 0.380. The first kappa shape index (κ1) is 28.7. The first-order chi connectivity index (χ1) is 17.2. The summed E-state index contributed by atoms with van der Waals surface area (Å²) < 4.78 is 98.9. The summed E-state index contributed by atoms with van der Waals surface area (Å²) in [4.78, 5) is 12.3. The fourth-order valence-corrected chi connectivity index (χ4v) is 3.79. The maximum Gasteiger partial charge on any atom is 0.416 e. The zero-order chi connectivity index (χ0) is 27.4. The van der Waals surface area contributed by atoms with Gasteiger partial charge in [-0.15, -0.1) is 0 Å². The molecule has 0 aromatic heterocycles. The molecule has 11 heteroatoms. The van der Waals surface area contributed by atoms with E-state index in [1.165, 1.54) is 24.2 Å². The highest BCUT2D eigenvalue weighted by Gasteiger charge is 2.45. The number of nitrogens with zero attached hydrogens (tertiary/aromatic N) is 1. The minimum absolute atomic E-state index is 0.250. The van der Waals surface area contributed by atoms with E-state index in [0.717, 1.165) is 0 Å². The maximum absolute atomic E-state index is 14.9. The van der Waals surface area contributed by atoms with Gasteiger partial charge < -0.3 is 9.84 Å². The first-order valence-electron chi connectivity index (χ1n) is 11.8. The monoisotopic (exact) mass is 535 g/mol. The molecule has 4 nitrogen and oxygen atoms in total. The Hall–Kier alpha value is -2.82. The predicted molar refractivity (Wildman–Crippen MR) is 122 cm³/mol. The van der Waals surface area contributed by atoms with Crippen molar-refractivity contribution in [3.63, 3.8) is 0 Å². The number of aliphatic carboxylic acids is 1. The van der Waals surface area contributed by atoms with Gasteiger partial charge in [0.2, 0.25) is 0 Å². The number of ether oxygens (including phenoxy) is 1. The maximum atomic E-state index is 14.9. The fourth-order valence-electron chi connectivity index (χ4n) is 3.79. The third-order valence-corrected chi connectivity index (χ3v) is 5.86. The molecule has 1 saturated heterocycles. The van der Waals surface area contributed by atoms with Gasteiger partial charge in [-0.2, -0.15) is 26.3 Å². The van der Waals surface area contributed by atoms with Crippen molar-refractivity contribution in [2.24, 2.45) is 5.92 Å². The lowest BCUT2D eigenvalue weighted by molar-refractivity contribution is -0.142. The zero-order valence-electron chi connectivity index (χ0n) is 20.1. The third-order valence-electron chi connectivity index (χ3n) is 5.86. The third kappa shape index (κ3) is 8.62. The van der Waals surface area contributed by atoms with Gasteiger partial charge in [0.05, 0.1) is 17.0 Å². The van der Waals surface area contributed by atoms with E-state index >= 15 is 0 Å². The minimum atomic E-state index is -4.84. The summed E-state index contributed by atoms with van der Waals surface area (Å²) in [5.74, 6) is -1.28. The Balaban J connectivity index is 0.00000118. The number of carbonyl (C=O) groups is 1. The highest BCUT2D eigenvalue weighted by atomic mass is 19.4. The predicted octanol–water partition coefficient (Wildman–Crippen LogP) is 6.76. The largest absolute Gasteiger partial charge is 0.490 e. The lowest BCUT2D eigenvalue weighted by Gasteiger charge is -2.44. The average Bonchev–Trinajstić information content (AvgIpc) is 3.65. The van der Waals surface area contributed by atoms with Crippen molar-refractivity contribution in [1.82, 2.24) is 4.90 Å². The molecule has 204 valence electrons. The Labute approximate surface area is 210 Å². The van der Waals surface area contributed by atoms with Crippen LogP contribution in [-0.2, 0) is 30.1 Å². The molecule has 0 amide bonds. The second-order valence-electron chi connectivity index (χ2n) is 9.60. The summed E-state index contributed by atoms with van der Waals surface area (Å²) in [5.41, 5.74) is -4.18. The van der Waals surface area contributed by atoms with Crippen molar-refractivity contribution >= 4 is 5.97 Å². The van der Waals surface area contributed by atoms with Gasteiger partial charge in [-0.3, -0.25) is 9.69 Å². The minimum Gasteiger partial charge on any atom is -0.490 e. The molecule has 2 fully saturated rings. The Kier molecular flexibility index (Phi) is 8.77. The van der Waals surface area contributed by atoms with Crippen molar-refractivity contribution < 1.29 is 45.4 Å². The second kappa shape index (κ2) is 11.3. The standard InChI is InChI=1S/C23H22F7NO3.C3H6/c1-14(20(32)33)7-15-3-2-4-18(8-15)34-13-21(24)11-31(12-21)10-16-9-17(22(25,26)27)5-6-19(16)23(28,29)30;1-2-3-1/h2-6,8-9,14H,7,10-13H2,1H3,(H,32,33);1-3H2. The van der Waals surface area contributed by atoms with Crippen LogP contribution in [0.15, 0.2) is 42.5 Å². The van der Waals surface area contributed by atoms with E-state index in [1.54, 1.807) is 31.2 Å². The lowest BCUT2D eigenvalue weighted by atomic mass is 9.94. The van der Waals surface area contributed by atoms with Gasteiger partial charge in [0, 0.05) is 19.6 Å². The Morgan fingerprint density at radius 3 is 2.22 bits per heavy atom. The van der Waals surface area contributed by atoms with Gasteiger partial charge in [0.1, 0.15) is 12.4 Å². The number of halogens is 7. The van der Waals surface area contributed by atoms with E-state index in [4.69, 9.17) is 9.84 Å². The van der Waals surface area contributed by atoms with Gasteiger partial charge in [-0.25, -0.2) is 4.39 Å². The van der Waals surface area contributed by atoms with Crippen LogP contribution in [0.1, 0.15) is 48.4 Å². The summed E-state index contributed by atoms with van der Waals surface area (Å²) in [7, 11) is 0. The van der Waals surface area contributed by atoms with Gasteiger partial charge in [-0.1, -0.05) is 38.3 Å². The van der Waals surface area contributed by atoms with Crippen molar-refractivity contribution in [3.8, 4) is 5.75 Å². The van der Waals surface area contributed by atoms with Crippen molar-refractivity contribution in [1.29, 1.82) is 0 Å². The van der Waals surface area contributed by atoms with Crippen LogP contribution >= 0.6 is 0 Å². The number of hydrogen-bond donors (Lipinski definition) is 1. The first-order valence-corrected chi connectivity index (χ1v) is 11.8. The molecular formula is C26H28F7NO3. The van der Waals surface area contributed by atoms with Gasteiger partial charge in [0.15, 0.2) is 5.67 Å². The Bertz CT molecular complexity index is 1070. The van der Waals surface area contributed by atoms with Crippen LogP contribution in [0.2, 0.25) is 0 Å². The molecular weight excluding hydrogens is 507 g/mol. The molecule has 1 heterocycles. The normalized spacial score (nSPS) is 17.7. The van der Waals surface area contributed by atoms with Gasteiger partial charge in [-0.05, 0) is 47.9 Å². The molecule has 1 aliphatic carbocycles. The molecule has 1 saturated carbocycles. The second-order valence-corrected chi connectivity index (χ2v) is 9.60. The van der Waals surface area contributed by atoms with E-state index in [0.29, 0.717) is 29.5 Å². The molecule has 1 unspecified atom stereocenters.